The molecule has 64 heavy (non-hydrogen) atoms. The van der Waals surface area contributed by atoms with Gasteiger partial charge in [0.2, 0.25) is 0 Å². The van der Waals surface area contributed by atoms with Crippen LogP contribution < -0.4 is 0 Å². The topological polar surface area (TPSA) is 25.8 Å². The Morgan fingerprint density at radius 1 is 0.281 bits per heavy atom. The van der Waals surface area contributed by atoms with Gasteiger partial charge in [-0.25, -0.2) is 9.97 Å². The third-order valence-corrected chi connectivity index (χ3v) is 14.0. The molecule has 0 saturated heterocycles. The highest BCUT2D eigenvalue weighted by Crippen LogP contribution is 2.55. The van der Waals surface area contributed by atoms with E-state index in [1.807, 2.05) is 0 Å². The predicted octanol–water partition coefficient (Wildman–Crippen LogP) is 16.2. The van der Waals surface area contributed by atoms with Crippen LogP contribution in [-0.4, -0.2) is 9.97 Å². The monoisotopic (exact) mass is 818 g/mol. The maximum absolute atomic E-state index is 5.50. The fraction of sp³-hybridized carbons (Fsp3) is 0.0968. The Kier molecular flexibility index (Phi) is 8.58. The van der Waals surface area contributed by atoms with Gasteiger partial charge in [0.15, 0.2) is 5.82 Å². The lowest BCUT2D eigenvalue weighted by Gasteiger charge is -2.26. The molecule has 0 fully saturated rings. The molecule has 0 atom stereocenters. The van der Waals surface area contributed by atoms with Gasteiger partial charge in [-0.15, -0.1) is 0 Å². The molecule has 0 unspecified atom stereocenters. The quantitative estimate of drug-likeness (QED) is 0.167. The van der Waals surface area contributed by atoms with Gasteiger partial charge in [0, 0.05) is 27.5 Å². The highest BCUT2D eigenvalue weighted by Gasteiger charge is 2.39. The minimum absolute atomic E-state index is 0.187. The summed E-state index contributed by atoms with van der Waals surface area (Å²) in [5.74, 6) is 0.701. The molecule has 9 aromatic carbocycles. The second-order valence-electron chi connectivity index (χ2n) is 18.6. The summed E-state index contributed by atoms with van der Waals surface area (Å²) >= 11 is 0. The van der Waals surface area contributed by atoms with Crippen molar-refractivity contribution in [3.05, 3.63) is 229 Å². The van der Waals surface area contributed by atoms with Gasteiger partial charge < -0.3 is 0 Å². The maximum atomic E-state index is 5.50. The molecule has 0 aliphatic heterocycles. The molecule has 0 bridgehead atoms. The van der Waals surface area contributed by atoms with E-state index < -0.39 is 0 Å². The Morgan fingerprint density at radius 3 is 1.33 bits per heavy atom. The number of nitrogens with zero attached hydrogens (tertiary/aromatic N) is 2. The summed E-state index contributed by atoms with van der Waals surface area (Å²) in [5, 5.41) is 2.35. The number of hydrogen-bond donors (Lipinski definition) is 0. The first-order valence-electron chi connectivity index (χ1n) is 22.4. The summed E-state index contributed by atoms with van der Waals surface area (Å²) in [6, 6.07) is 75.3. The average Bonchev–Trinajstić information content (AvgIpc) is 3.73. The van der Waals surface area contributed by atoms with Gasteiger partial charge in [-0.05, 0) is 119 Å². The van der Waals surface area contributed by atoms with Crippen molar-refractivity contribution in [2.75, 3.05) is 0 Å². The van der Waals surface area contributed by atoms with Crippen molar-refractivity contribution in [3.63, 3.8) is 0 Å². The van der Waals surface area contributed by atoms with E-state index in [1.54, 1.807) is 0 Å². The Labute approximate surface area is 375 Å². The van der Waals surface area contributed by atoms with Gasteiger partial charge in [0.1, 0.15) is 0 Å². The van der Waals surface area contributed by atoms with E-state index in [1.165, 1.54) is 83.3 Å². The van der Waals surface area contributed by atoms with Crippen molar-refractivity contribution in [2.24, 2.45) is 0 Å². The molecule has 2 aliphatic carbocycles. The predicted molar refractivity (Wildman–Crippen MR) is 267 cm³/mol. The molecular weight excluding hydrogens is 773 g/mol. The molecule has 0 saturated carbocycles. The first-order valence-corrected chi connectivity index (χ1v) is 22.4. The Balaban J connectivity index is 1.10. The van der Waals surface area contributed by atoms with Crippen LogP contribution in [-0.2, 0) is 10.8 Å². The van der Waals surface area contributed by atoms with Crippen LogP contribution in [0.15, 0.2) is 206 Å². The zero-order chi connectivity index (χ0) is 43.2. The van der Waals surface area contributed by atoms with Crippen LogP contribution in [0.4, 0.5) is 0 Å². The molecule has 2 nitrogen and oxygen atoms in total. The number of aromatic nitrogens is 2. The lowest BCUT2D eigenvalue weighted by molar-refractivity contribution is 0.662. The van der Waals surface area contributed by atoms with Crippen molar-refractivity contribution in [3.8, 4) is 89.5 Å². The summed E-state index contributed by atoms with van der Waals surface area (Å²) in [4.78, 5) is 10.8. The zero-order valence-electron chi connectivity index (χ0n) is 36.5. The lowest BCUT2D eigenvalue weighted by Crippen LogP contribution is -2.16. The van der Waals surface area contributed by atoms with E-state index in [4.69, 9.17) is 9.97 Å². The SMILES string of the molecule is CC1(C)c2ccccc2-c2cccc(-c3cc(-c4cc(-c5ccc(-c6ccccc6)cc5)nc(-c5ccc6ccccc6c5)n4)cc(-c4cccc5c4C(C)(C)c4ccccc4-5)c3)c21. The van der Waals surface area contributed by atoms with Crippen LogP contribution in [0.1, 0.15) is 49.9 Å². The molecule has 2 heteroatoms. The molecule has 0 radical (unpaired) electrons. The van der Waals surface area contributed by atoms with Crippen molar-refractivity contribution in [2.45, 2.75) is 38.5 Å². The molecule has 10 aromatic rings. The smallest absolute Gasteiger partial charge is 0.160 e. The summed E-state index contributed by atoms with van der Waals surface area (Å²) in [5.41, 5.74) is 22.4. The van der Waals surface area contributed by atoms with Crippen LogP contribution >= 0.6 is 0 Å². The molecule has 2 aliphatic rings. The molecule has 0 amide bonds. The molecule has 1 heterocycles. The van der Waals surface area contributed by atoms with E-state index in [0.717, 1.165) is 33.5 Å². The second kappa shape index (κ2) is 14.4. The largest absolute Gasteiger partial charge is 0.228 e. The van der Waals surface area contributed by atoms with Crippen LogP contribution in [0, 0.1) is 0 Å². The Morgan fingerprint density at radius 2 is 0.719 bits per heavy atom. The Bertz CT molecular complexity index is 3360. The summed E-state index contributed by atoms with van der Waals surface area (Å²) < 4.78 is 0. The van der Waals surface area contributed by atoms with E-state index in [0.29, 0.717) is 5.82 Å². The van der Waals surface area contributed by atoms with Gasteiger partial charge in [-0.1, -0.05) is 204 Å². The second-order valence-corrected chi connectivity index (χ2v) is 18.6. The molecular formula is C62H46N2. The van der Waals surface area contributed by atoms with Crippen LogP contribution in [0.25, 0.3) is 100 Å². The average molecular weight is 819 g/mol. The number of rotatable bonds is 6. The van der Waals surface area contributed by atoms with Crippen LogP contribution in [0.3, 0.4) is 0 Å². The maximum Gasteiger partial charge on any atom is 0.160 e. The van der Waals surface area contributed by atoms with Gasteiger partial charge in [0.05, 0.1) is 11.4 Å². The third kappa shape index (κ3) is 6.01. The van der Waals surface area contributed by atoms with Crippen molar-refractivity contribution < 1.29 is 0 Å². The van der Waals surface area contributed by atoms with Crippen molar-refractivity contribution in [1.82, 2.24) is 9.97 Å². The highest BCUT2D eigenvalue weighted by molar-refractivity contribution is 5.94. The van der Waals surface area contributed by atoms with E-state index in [-0.39, 0.29) is 10.8 Å². The first kappa shape index (κ1) is 38.0. The Hall–Kier alpha value is -7.68. The standard InChI is InChI=1S/C62H46N2/c1-61(2)54-26-12-10-20-50(54)52-24-14-22-48(58(52)61)45-35-46(49-23-15-25-53-51-21-11-13-27-55(51)62(3,4)59(49)53)37-47(36-45)57-38-56(42-31-28-41(29-32-42)39-16-6-5-7-17-39)63-60(64-57)44-33-30-40-18-8-9-19-43(40)34-44/h5-38H,1-4H3. The van der Waals surface area contributed by atoms with Crippen LogP contribution in [0.2, 0.25) is 0 Å². The zero-order valence-corrected chi connectivity index (χ0v) is 36.5. The van der Waals surface area contributed by atoms with Gasteiger partial charge in [0.25, 0.3) is 0 Å². The molecule has 0 spiro atoms. The van der Waals surface area contributed by atoms with Gasteiger partial charge in [-0.3, -0.25) is 0 Å². The molecule has 0 N–H and O–H groups in total. The van der Waals surface area contributed by atoms with E-state index in [2.05, 4.69) is 234 Å². The first-order chi connectivity index (χ1) is 31.2. The third-order valence-electron chi connectivity index (χ3n) is 14.0. The normalized spacial score (nSPS) is 13.9. The number of fused-ring (bicyclic) bond motifs is 7. The minimum Gasteiger partial charge on any atom is -0.228 e. The molecule has 12 rings (SSSR count). The highest BCUT2D eigenvalue weighted by atomic mass is 14.9. The fourth-order valence-electron chi connectivity index (χ4n) is 10.9. The lowest BCUT2D eigenvalue weighted by atomic mass is 9.77. The summed E-state index contributed by atoms with van der Waals surface area (Å²) in [6.07, 6.45) is 0. The number of benzene rings is 9. The number of hydrogen-bond acceptors (Lipinski definition) is 2. The fourth-order valence-corrected chi connectivity index (χ4v) is 10.9. The van der Waals surface area contributed by atoms with Gasteiger partial charge in [-0.2, -0.15) is 0 Å². The molecule has 304 valence electrons. The summed E-state index contributed by atoms with van der Waals surface area (Å²) in [6.45, 7) is 9.52. The minimum atomic E-state index is -0.187. The van der Waals surface area contributed by atoms with E-state index in [9.17, 15) is 0 Å². The summed E-state index contributed by atoms with van der Waals surface area (Å²) in [7, 11) is 0. The van der Waals surface area contributed by atoms with E-state index >= 15 is 0 Å². The molecule has 1 aromatic heterocycles. The van der Waals surface area contributed by atoms with Gasteiger partial charge >= 0.3 is 0 Å². The van der Waals surface area contributed by atoms with Crippen molar-refractivity contribution in [1.29, 1.82) is 0 Å². The van der Waals surface area contributed by atoms with Crippen LogP contribution in [0.5, 0.6) is 0 Å². The van der Waals surface area contributed by atoms with Crippen molar-refractivity contribution >= 4 is 10.8 Å².